The fraction of sp³-hybridized carbons (Fsp3) is 0.556. The van der Waals surface area contributed by atoms with E-state index in [0.29, 0.717) is 49.9 Å². The molecule has 28 heavy (non-hydrogen) atoms. The Hall–Kier alpha value is -2.55. The molecule has 0 saturated carbocycles. The Morgan fingerprint density at radius 3 is 2.39 bits per heavy atom. The summed E-state index contributed by atoms with van der Waals surface area (Å²) in [4.78, 5) is 40.5. The molecule has 1 aromatic rings. The Morgan fingerprint density at radius 1 is 1.07 bits per heavy atom. The number of likely N-dealkylation sites (tertiary alicyclic amines) is 1. The largest absolute Gasteiger partial charge is 0.362 e. The highest BCUT2D eigenvalue weighted by atomic mass is 35.5. The van der Waals surface area contributed by atoms with Crippen LogP contribution in [0.5, 0.6) is 0 Å². The van der Waals surface area contributed by atoms with Gasteiger partial charge in [0.05, 0.1) is 4.92 Å². The van der Waals surface area contributed by atoms with E-state index in [1.54, 1.807) is 17.0 Å². The van der Waals surface area contributed by atoms with E-state index in [0.717, 1.165) is 25.9 Å². The number of urea groups is 1. The maximum atomic E-state index is 12.3. The van der Waals surface area contributed by atoms with Crippen molar-refractivity contribution in [3.8, 4) is 0 Å². The van der Waals surface area contributed by atoms with Crippen LogP contribution >= 0.6 is 11.6 Å². The van der Waals surface area contributed by atoms with Gasteiger partial charge in [0.2, 0.25) is 5.91 Å². The van der Waals surface area contributed by atoms with Crippen LogP contribution in [-0.4, -0.2) is 72.5 Å². The molecule has 2 fully saturated rings. The number of halogens is 1. The van der Waals surface area contributed by atoms with Gasteiger partial charge in [-0.25, -0.2) is 4.79 Å². The number of nitrogens with zero attached hydrogens (tertiary/aromatic N) is 4. The zero-order valence-electron chi connectivity index (χ0n) is 15.6. The third-order valence-electron chi connectivity index (χ3n) is 5.12. The Morgan fingerprint density at radius 2 is 1.75 bits per heavy atom. The number of piperazine rings is 1. The lowest BCUT2D eigenvalue weighted by atomic mass is 10.2. The van der Waals surface area contributed by atoms with Crippen molar-refractivity contribution < 1.29 is 14.5 Å². The number of anilines is 1. The zero-order chi connectivity index (χ0) is 20.1. The predicted molar refractivity (Wildman–Crippen MR) is 106 cm³/mol. The average Bonchev–Trinajstić information content (AvgIpc) is 3.23. The zero-order valence-corrected chi connectivity index (χ0v) is 16.4. The van der Waals surface area contributed by atoms with Gasteiger partial charge in [-0.3, -0.25) is 14.9 Å². The van der Waals surface area contributed by atoms with Crippen molar-refractivity contribution in [2.45, 2.75) is 19.3 Å². The van der Waals surface area contributed by atoms with Gasteiger partial charge in [-0.05, 0) is 25.0 Å². The van der Waals surface area contributed by atoms with E-state index in [-0.39, 0.29) is 17.6 Å². The van der Waals surface area contributed by atoms with Crippen molar-refractivity contribution in [1.29, 1.82) is 0 Å². The lowest BCUT2D eigenvalue weighted by Gasteiger charge is -2.35. The Balaban J connectivity index is 1.46. The minimum Gasteiger partial charge on any atom is -0.362 e. The van der Waals surface area contributed by atoms with Gasteiger partial charge in [0.25, 0.3) is 5.69 Å². The molecule has 0 aromatic heterocycles. The predicted octanol–water partition coefficient (Wildman–Crippen LogP) is 2.09. The van der Waals surface area contributed by atoms with Crippen LogP contribution in [0.25, 0.3) is 0 Å². The monoisotopic (exact) mass is 409 g/mol. The molecule has 0 unspecified atom stereocenters. The lowest BCUT2D eigenvalue weighted by molar-refractivity contribution is -0.384. The molecule has 152 valence electrons. The number of benzene rings is 1. The summed E-state index contributed by atoms with van der Waals surface area (Å²) in [6, 6.07) is 4.40. The summed E-state index contributed by atoms with van der Waals surface area (Å²) in [6.07, 6.45) is 2.41. The first-order valence-corrected chi connectivity index (χ1v) is 9.83. The summed E-state index contributed by atoms with van der Waals surface area (Å²) in [5.74, 6) is 0.0812. The fourth-order valence-electron chi connectivity index (χ4n) is 3.57. The van der Waals surface area contributed by atoms with Gasteiger partial charge in [0.15, 0.2) is 0 Å². The number of nitro benzene ring substituents is 1. The van der Waals surface area contributed by atoms with E-state index in [1.807, 2.05) is 9.80 Å². The van der Waals surface area contributed by atoms with Crippen LogP contribution in [-0.2, 0) is 4.79 Å². The highest BCUT2D eigenvalue weighted by Gasteiger charge is 2.26. The van der Waals surface area contributed by atoms with Crippen molar-refractivity contribution in [3.05, 3.63) is 33.3 Å². The first-order valence-electron chi connectivity index (χ1n) is 9.45. The fourth-order valence-corrected chi connectivity index (χ4v) is 3.74. The normalized spacial score (nSPS) is 17.0. The first kappa shape index (κ1) is 20.2. The van der Waals surface area contributed by atoms with E-state index < -0.39 is 4.92 Å². The molecule has 1 aromatic carbocycles. The van der Waals surface area contributed by atoms with E-state index in [2.05, 4.69) is 5.32 Å². The van der Waals surface area contributed by atoms with Crippen LogP contribution in [0.2, 0.25) is 5.02 Å². The maximum absolute atomic E-state index is 12.3. The molecule has 2 heterocycles. The van der Waals surface area contributed by atoms with Gasteiger partial charge in [0.1, 0.15) is 5.69 Å². The number of nitrogens with one attached hydrogen (secondary N) is 1. The van der Waals surface area contributed by atoms with Crippen molar-refractivity contribution in [3.63, 3.8) is 0 Å². The molecule has 10 heteroatoms. The molecule has 1 N–H and O–H groups in total. The van der Waals surface area contributed by atoms with Crippen LogP contribution in [0.4, 0.5) is 16.2 Å². The Kier molecular flexibility index (Phi) is 6.56. The standard InChI is InChI=1S/C18H24ClN5O4/c19-14-3-4-15(16(13-14)24(27)28)21-9-11-23(12-10-21)18(26)20-6-5-17(25)22-7-1-2-8-22/h3-4,13H,1-2,5-12H2,(H,20,26). The number of rotatable bonds is 5. The molecule has 2 aliphatic rings. The van der Waals surface area contributed by atoms with E-state index in [1.165, 1.54) is 6.07 Å². The maximum Gasteiger partial charge on any atom is 0.317 e. The second-order valence-corrected chi connectivity index (χ2v) is 7.37. The second kappa shape index (κ2) is 9.09. The number of hydrogen-bond acceptors (Lipinski definition) is 5. The molecule has 0 bridgehead atoms. The molecule has 3 amide bonds. The highest BCUT2D eigenvalue weighted by Crippen LogP contribution is 2.31. The van der Waals surface area contributed by atoms with Crippen LogP contribution in [0, 0.1) is 10.1 Å². The summed E-state index contributed by atoms with van der Waals surface area (Å²) in [5.41, 5.74) is 0.469. The number of carbonyl (C=O) groups is 2. The minimum absolute atomic E-state index is 0.0363. The van der Waals surface area contributed by atoms with Crippen molar-refractivity contribution in [2.75, 3.05) is 50.7 Å². The summed E-state index contributed by atoms with van der Waals surface area (Å²) in [6.45, 7) is 3.82. The van der Waals surface area contributed by atoms with Crippen molar-refractivity contribution in [1.82, 2.24) is 15.1 Å². The summed E-state index contributed by atoms with van der Waals surface area (Å²) < 4.78 is 0. The Labute approximate surface area is 168 Å². The van der Waals surface area contributed by atoms with Gasteiger partial charge in [-0.15, -0.1) is 0 Å². The molecule has 0 spiro atoms. The molecule has 2 aliphatic heterocycles. The van der Waals surface area contributed by atoms with Crippen LogP contribution < -0.4 is 10.2 Å². The van der Waals surface area contributed by atoms with E-state index >= 15 is 0 Å². The SMILES string of the molecule is O=C(CCNC(=O)N1CCN(c2ccc(Cl)cc2[N+](=O)[O-])CC1)N1CCCC1. The summed E-state index contributed by atoms with van der Waals surface area (Å²) in [5, 5.41) is 14.4. The van der Waals surface area contributed by atoms with E-state index in [4.69, 9.17) is 11.6 Å². The lowest BCUT2D eigenvalue weighted by Crippen LogP contribution is -2.52. The smallest absolute Gasteiger partial charge is 0.317 e. The van der Waals surface area contributed by atoms with E-state index in [9.17, 15) is 19.7 Å². The molecule has 2 saturated heterocycles. The van der Waals surface area contributed by atoms with Gasteiger partial charge >= 0.3 is 6.03 Å². The molecular weight excluding hydrogens is 386 g/mol. The number of hydrogen-bond donors (Lipinski definition) is 1. The van der Waals surface area contributed by atoms with Crippen molar-refractivity contribution >= 4 is 34.9 Å². The third kappa shape index (κ3) is 4.83. The van der Waals surface area contributed by atoms with Gasteiger partial charge in [-0.2, -0.15) is 0 Å². The van der Waals surface area contributed by atoms with Crippen LogP contribution in [0.3, 0.4) is 0 Å². The molecule has 0 radical (unpaired) electrons. The molecule has 9 nitrogen and oxygen atoms in total. The molecule has 0 aliphatic carbocycles. The second-order valence-electron chi connectivity index (χ2n) is 6.93. The van der Waals surface area contributed by atoms with Gasteiger partial charge < -0.3 is 20.0 Å². The van der Waals surface area contributed by atoms with Crippen LogP contribution in [0.1, 0.15) is 19.3 Å². The number of nitro groups is 1. The minimum atomic E-state index is -0.447. The molecule has 0 atom stereocenters. The first-order chi connectivity index (χ1) is 13.5. The van der Waals surface area contributed by atoms with Crippen molar-refractivity contribution in [2.24, 2.45) is 0 Å². The number of amides is 3. The molecular formula is C18H24ClN5O4. The van der Waals surface area contributed by atoms with Crippen LogP contribution in [0.15, 0.2) is 18.2 Å². The topological polar surface area (TPSA) is 99.0 Å². The highest BCUT2D eigenvalue weighted by molar-refractivity contribution is 6.30. The van der Waals surface area contributed by atoms with Gasteiger partial charge in [-0.1, -0.05) is 11.6 Å². The number of carbonyl (C=O) groups excluding carboxylic acids is 2. The summed E-state index contributed by atoms with van der Waals surface area (Å²) in [7, 11) is 0. The average molecular weight is 410 g/mol. The molecule has 3 rings (SSSR count). The third-order valence-corrected chi connectivity index (χ3v) is 5.35. The summed E-state index contributed by atoms with van der Waals surface area (Å²) >= 11 is 5.87. The quantitative estimate of drug-likeness (QED) is 0.593. The Bertz CT molecular complexity index is 745. The van der Waals surface area contributed by atoms with Gasteiger partial charge in [0, 0.05) is 63.3 Å².